The van der Waals surface area contributed by atoms with Crippen LogP contribution < -0.4 is 16.6 Å². The molecule has 1 atom stereocenters. The minimum atomic E-state index is -0.550. The molecule has 2 rings (SSSR count). The van der Waals surface area contributed by atoms with Gasteiger partial charge in [0.2, 0.25) is 5.91 Å². The molecule has 0 aliphatic carbocycles. The molecular weight excluding hydrogens is 232 g/mol. The Balaban J connectivity index is 2.15. The second-order valence-electron chi connectivity index (χ2n) is 4.03. The summed E-state index contributed by atoms with van der Waals surface area (Å²) in [5.41, 5.74) is 7.49. The SMILES string of the molecule is C[C@@H](N)C(=O)Nc1ccc(-c2cc(=O)[nH][nH]2)cc1. The maximum atomic E-state index is 11.4. The van der Waals surface area contributed by atoms with Crippen LogP contribution in [-0.2, 0) is 4.79 Å². The number of amides is 1. The fraction of sp³-hybridized carbons (Fsp3) is 0.167. The van der Waals surface area contributed by atoms with E-state index >= 15 is 0 Å². The lowest BCUT2D eigenvalue weighted by molar-refractivity contribution is -0.117. The summed E-state index contributed by atoms with van der Waals surface area (Å²) in [4.78, 5) is 22.4. The third kappa shape index (κ3) is 2.67. The van der Waals surface area contributed by atoms with Crippen molar-refractivity contribution in [2.45, 2.75) is 13.0 Å². The fourth-order valence-electron chi connectivity index (χ4n) is 1.48. The highest BCUT2D eigenvalue weighted by Gasteiger charge is 2.07. The van der Waals surface area contributed by atoms with Gasteiger partial charge in [0.25, 0.3) is 5.56 Å². The maximum absolute atomic E-state index is 11.4. The van der Waals surface area contributed by atoms with E-state index in [0.717, 1.165) is 5.56 Å². The Hall–Kier alpha value is -2.34. The first-order chi connectivity index (χ1) is 8.56. The Morgan fingerprint density at radius 1 is 1.28 bits per heavy atom. The molecule has 0 aliphatic rings. The largest absolute Gasteiger partial charge is 0.325 e. The van der Waals surface area contributed by atoms with Gasteiger partial charge in [-0.05, 0) is 24.6 Å². The number of nitrogens with two attached hydrogens (primary N) is 1. The predicted molar refractivity (Wildman–Crippen MR) is 69.1 cm³/mol. The van der Waals surface area contributed by atoms with Gasteiger partial charge in [-0.1, -0.05) is 12.1 Å². The Labute approximate surface area is 103 Å². The van der Waals surface area contributed by atoms with Crippen LogP contribution in [0.3, 0.4) is 0 Å². The van der Waals surface area contributed by atoms with Crippen molar-refractivity contribution in [3.8, 4) is 11.3 Å². The molecule has 6 nitrogen and oxygen atoms in total. The molecule has 2 aromatic rings. The molecule has 0 aliphatic heterocycles. The van der Waals surface area contributed by atoms with Crippen molar-refractivity contribution in [3.05, 3.63) is 40.7 Å². The summed E-state index contributed by atoms with van der Waals surface area (Å²) in [7, 11) is 0. The Kier molecular flexibility index (Phi) is 3.29. The number of aromatic amines is 2. The highest BCUT2D eigenvalue weighted by atomic mass is 16.2. The van der Waals surface area contributed by atoms with E-state index in [1.54, 1.807) is 31.2 Å². The molecule has 6 heteroatoms. The van der Waals surface area contributed by atoms with E-state index in [4.69, 9.17) is 5.73 Å². The van der Waals surface area contributed by atoms with Crippen LogP contribution in [0.25, 0.3) is 11.3 Å². The molecule has 0 unspecified atom stereocenters. The quantitative estimate of drug-likeness (QED) is 0.639. The Morgan fingerprint density at radius 2 is 1.94 bits per heavy atom. The molecule has 0 radical (unpaired) electrons. The van der Waals surface area contributed by atoms with Crippen molar-refractivity contribution >= 4 is 11.6 Å². The number of hydrogen-bond acceptors (Lipinski definition) is 3. The molecule has 5 N–H and O–H groups in total. The number of carbonyl (C=O) groups is 1. The van der Waals surface area contributed by atoms with E-state index in [2.05, 4.69) is 15.5 Å². The van der Waals surface area contributed by atoms with Crippen LogP contribution in [0.4, 0.5) is 5.69 Å². The first-order valence-electron chi connectivity index (χ1n) is 5.51. The molecule has 18 heavy (non-hydrogen) atoms. The van der Waals surface area contributed by atoms with Gasteiger partial charge in [-0.25, -0.2) is 0 Å². The Morgan fingerprint density at radius 3 is 2.44 bits per heavy atom. The Bertz CT molecular complexity index is 595. The molecule has 0 saturated carbocycles. The van der Waals surface area contributed by atoms with Gasteiger partial charge >= 0.3 is 0 Å². The first kappa shape index (κ1) is 12.1. The van der Waals surface area contributed by atoms with Crippen molar-refractivity contribution < 1.29 is 4.79 Å². The molecule has 1 aromatic heterocycles. The molecule has 0 fully saturated rings. The summed E-state index contributed by atoms with van der Waals surface area (Å²) in [6.07, 6.45) is 0. The van der Waals surface area contributed by atoms with Crippen LogP contribution >= 0.6 is 0 Å². The average Bonchev–Trinajstić information content (AvgIpc) is 2.76. The normalized spacial score (nSPS) is 12.1. The second kappa shape index (κ2) is 4.89. The van der Waals surface area contributed by atoms with E-state index in [1.165, 1.54) is 6.07 Å². The molecule has 1 amide bonds. The molecular formula is C12H14N4O2. The summed E-state index contributed by atoms with van der Waals surface area (Å²) in [5, 5.41) is 7.90. The minimum Gasteiger partial charge on any atom is -0.325 e. The van der Waals surface area contributed by atoms with Gasteiger partial charge in [-0.3, -0.25) is 19.8 Å². The summed E-state index contributed by atoms with van der Waals surface area (Å²) >= 11 is 0. The molecule has 1 aromatic carbocycles. The van der Waals surface area contributed by atoms with Crippen molar-refractivity contribution in [2.75, 3.05) is 5.32 Å². The number of hydrogen-bond donors (Lipinski definition) is 4. The zero-order valence-corrected chi connectivity index (χ0v) is 9.86. The van der Waals surface area contributed by atoms with Gasteiger partial charge in [-0.2, -0.15) is 0 Å². The molecule has 0 saturated heterocycles. The summed E-state index contributed by atoms with van der Waals surface area (Å²) in [6, 6.07) is 8.02. The van der Waals surface area contributed by atoms with E-state index in [9.17, 15) is 9.59 Å². The summed E-state index contributed by atoms with van der Waals surface area (Å²) in [6.45, 7) is 1.62. The third-order valence-corrected chi connectivity index (χ3v) is 2.47. The molecule has 0 spiro atoms. The van der Waals surface area contributed by atoms with Gasteiger partial charge in [0, 0.05) is 11.8 Å². The number of anilines is 1. The van der Waals surface area contributed by atoms with E-state index in [-0.39, 0.29) is 11.5 Å². The van der Waals surface area contributed by atoms with Crippen LogP contribution in [0.5, 0.6) is 0 Å². The van der Waals surface area contributed by atoms with Gasteiger partial charge < -0.3 is 11.1 Å². The van der Waals surface area contributed by atoms with Gasteiger partial charge in [-0.15, -0.1) is 0 Å². The molecule has 94 valence electrons. The highest BCUT2D eigenvalue weighted by molar-refractivity contribution is 5.94. The zero-order chi connectivity index (χ0) is 13.1. The highest BCUT2D eigenvalue weighted by Crippen LogP contribution is 2.17. The average molecular weight is 246 g/mol. The monoisotopic (exact) mass is 246 g/mol. The zero-order valence-electron chi connectivity index (χ0n) is 9.86. The lowest BCUT2D eigenvalue weighted by atomic mass is 10.1. The number of H-pyrrole nitrogens is 2. The van der Waals surface area contributed by atoms with Crippen LogP contribution in [0.1, 0.15) is 6.92 Å². The fourth-order valence-corrected chi connectivity index (χ4v) is 1.48. The van der Waals surface area contributed by atoms with Gasteiger partial charge in [0.1, 0.15) is 0 Å². The van der Waals surface area contributed by atoms with E-state index in [1.807, 2.05) is 0 Å². The van der Waals surface area contributed by atoms with Crippen LogP contribution in [0.2, 0.25) is 0 Å². The molecule has 0 bridgehead atoms. The molecule has 1 heterocycles. The number of benzene rings is 1. The smallest absolute Gasteiger partial charge is 0.264 e. The number of rotatable bonds is 3. The van der Waals surface area contributed by atoms with Crippen molar-refractivity contribution in [1.82, 2.24) is 10.2 Å². The first-order valence-corrected chi connectivity index (χ1v) is 5.51. The van der Waals surface area contributed by atoms with Crippen molar-refractivity contribution in [1.29, 1.82) is 0 Å². The van der Waals surface area contributed by atoms with E-state index < -0.39 is 6.04 Å². The topological polar surface area (TPSA) is 104 Å². The summed E-state index contributed by atoms with van der Waals surface area (Å²) < 4.78 is 0. The second-order valence-corrected chi connectivity index (χ2v) is 4.03. The number of carbonyl (C=O) groups excluding carboxylic acids is 1. The number of nitrogens with one attached hydrogen (secondary N) is 3. The minimum absolute atomic E-state index is 0.181. The summed E-state index contributed by atoms with van der Waals surface area (Å²) in [5.74, 6) is -0.238. The lowest BCUT2D eigenvalue weighted by Gasteiger charge is -2.07. The van der Waals surface area contributed by atoms with E-state index in [0.29, 0.717) is 11.4 Å². The number of aromatic nitrogens is 2. The van der Waals surface area contributed by atoms with Crippen molar-refractivity contribution in [2.24, 2.45) is 5.73 Å². The van der Waals surface area contributed by atoms with Crippen LogP contribution in [0, 0.1) is 0 Å². The van der Waals surface area contributed by atoms with Crippen LogP contribution in [0.15, 0.2) is 35.1 Å². The third-order valence-electron chi connectivity index (χ3n) is 2.47. The predicted octanol–water partition coefficient (Wildman–Crippen LogP) is 0.656. The van der Waals surface area contributed by atoms with Gasteiger partial charge in [0.05, 0.1) is 11.7 Å². The maximum Gasteiger partial charge on any atom is 0.264 e. The van der Waals surface area contributed by atoms with Crippen molar-refractivity contribution in [3.63, 3.8) is 0 Å². The standard InChI is InChI=1S/C12H14N4O2/c1-7(13)12(18)14-9-4-2-8(3-5-9)10-6-11(17)16-15-10/h2-7H,13H2,1H3,(H,14,18)(H2,15,16,17)/t7-/m1/s1. The van der Waals surface area contributed by atoms with Crippen LogP contribution in [-0.4, -0.2) is 22.1 Å². The lowest BCUT2D eigenvalue weighted by Crippen LogP contribution is -2.32. The van der Waals surface area contributed by atoms with Gasteiger partial charge in [0.15, 0.2) is 0 Å².